The average molecular weight is 227 g/mol. The summed E-state index contributed by atoms with van der Waals surface area (Å²) in [5, 5.41) is -0.166. The molecule has 0 amide bonds. The number of benzene rings is 1. The van der Waals surface area contributed by atoms with Gasteiger partial charge in [-0.1, -0.05) is 0 Å². The number of imidazole rings is 1. The molecule has 0 saturated carbocycles. The van der Waals surface area contributed by atoms with Gasteiger partial charge in [-0.2, -0.15) is 0 Å². The summed E-state index contributed by atoms with van der Waals surface area (Å²) in [5.74, 6) is 0.525. The number of nitrogens with zero attached hydrogens (tertiary/aromatic N) is 2. The Kier molecular flexibility index (Phi) is 2.65. The summed E-state index contributed by atoms with van der Waals surface area (Å²) in [5.41, 5.74) is 1.60. The average Bonchev–Trinajstić information content (AvgIpc) is 2.55. The first-order chi connectivity index (χ1) is 7.13. The molecule has 0 aliphatic carbocycles. The largest absolute Gasteiger partial charge is 0.327 e. The van der Waals surface area contributed by atoms with Gasteiger partial charge in [-0.25, -0.2) is 9.37 Å². The molecule has 0 aliphatic rings. The fourth-order valence-corrected chi connectivity index (χ4v) is 1.92. The molecule has 0 radical (unpaired) electrons. The van der Waals surface area contributed by atoms with Crippen LogP contribution in [0, 0.1) is 5.82 Å². The molecule has 80 valence electrons. The third-order valence-corrected chi connectivity index (χ3v) is 2.61. The molecular weight excluding hydrogens is 215 g/mol. The SMILES string of the molecule is CCn1c(C(C)Cl)nc2cc(F)ccc21. The molecule has 0 spiro atoms. The smallest absolute Gasteiger partial charge is 0.127 e. The molecule has 2 nitrogen and oxygen atoms in total. The molecular formula is C11H12ClFN2. The standard InChI is InChI=1S/C11H12ClFN2/c1-3-15-10-5-4-8(13)6-9(10)14-11(15)7(2)12/h4-7H,3H2,1-2H3. The first-order valence-electron chi connectivity index (χ1n) is 4.93. The van der Waals surface area contributed by atoms with Crippen LogP contribution in [0.25, 0.3) is 11.0 Å². The van der Waals surface area contributed by atoms with Crippen LogP contribution in [0.1, 0.15) is 25.0 Å². The van der Waals surface area contributed by atoms with Crippen LogP contribution in [-0.2, 0) is 6.54 Å². The van der Waals surface area contributed by atoms with Crippen molar-refractivity contribution in [2.45, 2.75) is 25.8 Å². The van der Waals surface area contributed by atoms with Crippen molar-refractivity contribution in [2.75, 3.05) is 0 Å². The summed E-state index contributed by atoms with van der Waals surface area (Å²) in [6.07, 6.45) is 0. The van der Waals surface area contributed by atoms with E-state index in [1.807, 2.05) is 18.4 Å². The molecule has 2 rings (SSSR count). The zero-order valence-electron chi connectivity index (χ0n) is 8.67. The van der Waals surface area contributed by atoms with Crippen LogP contribution >= 0.6 is 11.6 Å². The van der Waals surface area contributed by atoms with Crippen LogP contribution in [0.3, 0.4) is 0 Å². The number of rotatable bonds is 2. The minimum atomic E-state index is -0.267. The van der Waals surface area contributed by atoms with E-state index >= 15 is 0 Å². The van der Waals surface area contributed by atoms with E-state index in [0.717, 1.165) is 17.9 Å². The number of aryl methyl sites for hydroxylation is 1. The normalized spacial score (nSPS) is 13.3. The first-order valence-corrected chi connectivity index (χ1v) is 5.37. The van der Waals surface area contributed by atoms with Gasteiger partial charge in [-0.15, -0.1) is 11.6 Å². The van der Waals surface area contributed by atoms with Crippen LogP contribution in [0.5, 0.6) is 0 Å². The Bertz CT molecular complexity index is 491. The summed E-state index contributed by atoms with van der Waals surface area (Å²) < 4.78 is 15.0. The molecule has 1 aromatic carbocycles. The molecule has 15 heavy (non-hydrogen) atoms. The van der Waals surface area contributed by atoms with Crippen molar-refractivity contribution in [3.63, 3.8) is 0 Å². The van der Waals surface area contributed by atoms with Crippen LogP contribution in [0.2, 0.25) is 0 Å². The molecule has 0 fully saturated rings. The Labute approximate surface area is 92.7 Å². The highest BCUT2D eigenvalue weighted by Gasteiger charge is 2.13. The topological polar surface area (TPSA) is 17.8 Å². The van der Waals surface area contributed by atoms with Gasteiger partial charge in [0.1, 0.15) is 11.6 Å². The molecule has 0 bridgehead atoms. The number of aromatic nitrogens is 2. The molecule has 1 unspecified atom stereocenters. The first kappa shape index (κ1) is 10.4. The Morgan fingerprint density at radius 2 is 2.27 bits per heavy atom. The number of alkyl halides is 1. The summed E-state index contributed by atoms with van der Waals surface area (Å²) in [4.78, 5) is 4.33. The summed E-state index contributed by atoms with van der Waals surface area (Å²) in [7, 11) is 0. The van der Waals surface area contributed by atoms with Crippen LogP contribution in [-0.4, -0.2) is 9.55 Å². The maximum Gasteiger partial charge on any atom is 0.127 e. The second kappa shape index (κ2) is 3.81. The summed E-state index contributed by atoms with van der Waals surface area (Å²) in [6.45, 7) is 4.67. The third kappa shape index (κ3) is 1.72. The maximum absolute atomic E-state index is 13.0. The molecule has 0 saturated heterocycles. The lowest BCUT2D eigenvalue weighted by atomic mass is 10.3. The highest BCUT2D eigenvalue weighted by atomic mass is 35.5. The summed E-state index contributed by atoms with van der Waals surface area (Å²) in [6, 6.07) is 4.62. The van der Waals surface area contributed by atoms with E-state index in [1.165, 1.54) is 12.1 Å². The van der Waals surface area contributed by atoms with E-state index in [9.17, 15) is 4.39 Å². The predicted molar refractivity (Wildman–Crippen MR) is 59.6 cm³/mol. The van der Waals surface area contributed by atoms with Crippen LogP contribution < -0.4 is 0 Å². The Morgan fingerprint density at radius 3 is 2.87 bits per heavy atom. The quantitative estimate of drug-likeness (QED) is 0.717. The fourth-order valence-electron chi connectivity index (χ4n) is 1.76. The monoisotopic (exact) mass is 226 g/mol. The molecule has 1 atom stereocenters. The minimum absolute atomic E-state index is 0.166. The molecule has 1 heterocycles. The molecule has 0 aliphatic heterocycles. The Hall–Kier alpha value is -1.09. The molecule has 0 N–H and O–H groups in total. The van der Waals surface area contributed by atoms with Crippen molar-refractivity contribution in [1.82, 2.24) is 9.55 Å². The van der Waals surface area contributed by atoms with Gasteiger partial charge in [0.2, 0.25) is 0 Å². The van der Waals surface area contributed by atoms with E-state index < -0.39 is 0 Å². The van der Waals surface area contributed by atoms with E-state index in [2.05, 4.69) is 4.98 Å². The van der Waals surface area contributed by atoms with E-state index in [1.54, 1.807) is 6.07 Å². The lowest BCUT2D eigenvalue weighted by Gasteiger charge is -2.06. The number of hydrogen-bond donors (Lipinski definition) is 0. The Balaban J connectivity index is 2.73. The second-order valence-corrected chi connectivity index (χ2v) is 4.12. The fraction of sp³-hybridized carbons (Fsp3) is 0.364. The van der Waals surface area contributed by atoms with Gasteiger partial charge < -0.3 is 4.57 Å². The van der Waals surface area contributed by atoms with Crippen molar-refractivity contribution >= 4 is 22.6 Å². The predicted octanol–water partition coefficient (Wildman–Crippen LogP) is 3.50. The number of fused-ring (bicyclic) bond motifs is 1. The third-order valence-electron chi connectivity index (χ3n) is 2.41. The minimum Gasteiger partial charge on any atom is -0.327 e. The second-order valence-electron chi connectivity index (χ2n) is 3.46. The Morgan fingerprint density at radius 1 is 1.53 bits per heavy atom. The highest BCUT2D eigenvalue weighted by molar-refractivity contribution is 6.20. The molecule has 4 heteroatoms. The van der Waals surface area contributed by atoms with Crippen molar-refractivity contribution in [2.24, 2.45) is 0 Å². The lowest BCUT2D eigenvalue weighted by molar-refractivity contribution is 0.629. The summed E-state index contributed by atoms with van der Waals surface area (Å²) >= 11 is 6.02. The van der Waals surface area contributed by atoms with E-state index in [0.29, 0.717) is 5.52 Å². The zero-order valence-corrected chi connectivity index (χ0v) is 9.42. The van der Waals surface area contributed by atoms with Gasteiger partial charge >= 0.3 is 0 Å². The highest BCUT2D eigenvalue weighted by Crippen LogP contribution is 2.24. The van der Waals surface area contributed by atoms with Crippen molar-refractivity contribution < 1.29 is 4.39 Å². The van der Waals surface area contributed by atoms with E-state index in [-0.39, 0.29) is 11.2 Å². The number of hydrogen-bond acceptors (Lipinski definition) is 1. The molecule has 1 aromatic heterocycles. The van der Waals surface area contributed by atoms with Gasteiger partial charge in [0.05, 0.1) is 16.4 Å². The van der Waals surface area contributed by atoms with Crippen LogP contribution in [0.4, 0.5) is 4.39 Å². The number of halogens is 2. The van der Waals surface area contributed by atoms with Gasteiger partial charge in [-0.3, -0.25) is 0 Å². The van der Waals surface area contributed by atoms with Gasteiger partial charge in [0.15, 0.2) is 0 Å². The zero-order chi connectivity index (χ0) is 11.0. The van der Waals surface area contributed by atoms with Gasteiger partial charge in [0, 0.05) is 12.6 Å². The van der Waals surface area contributed by atoms with Gasteiger partial charge in [-0.05, 0) is 26.0 Å². The molecule has 2 aromatic rings. The van der Waals surface area contributed by atoms with Crippen molar-refractivity contribution in [3.05, 3.63) is 29.8 Å². The van der Waals surface area contributed by atoms with Crippen molar-refractivity contribution in [3.8, 4) is 0 Å². The van der Waals surface area contributed by atoms with Gasteiger partial charge in [0.25, 0.3) is 0 Å². The lowest BCUT2D eigenvalue weighted by Crippen LogP contribution is -2.01. The van der Waals surface area contributed by atoms with Crippen molar-refractivity contribution in [1.29, 1.82) is 0 Å². The van der Waals surface area contributed by atoms with Crippen LogP contribution in [0.15, 0.2) is 18.2 Å². The van der Waals surface area contributed by atoms with E-state index in [4.69, 9.17) is 11.6 Å². The maximum atomic E-state index is 13.0.